The second-order valence-electron chi connectivity index (χ2n) is 14.0. The van der Waals surface area contributed by atoms with E-state index in [-0.39, 0.29) is 11.6 Å². The molecule has 2 saturated carbocycles. The van der Waals surface area contributed by atoms with Gasteiger partial charge < -0.3 is 19.5 Å². The molecule has 2 bridgehead atoms. The highest BCUT2D eigenvalue weighted by Crippen LogP contribution is 2.66. The van der Waals surface area contributed by atoms with Crippen LogP contribution in [0.1, 0.15) is 61.3 Å². The van der Waals surface area contributed by atoms with Gasteiger partial charge in [-0.05, 0) is 98.5 Å². The largest absolute Gasteiger partial charge is 0.483 e. The summed E-state index contributed by atoms with van der Waals surface area (Å²) in [5, 5.41) is 13.0. The highest BCUT2D eigenvalue weighted by Gasteiger charge is 2.73. The van der Waals surface area contributed by atoms with E-state index in [1.807, 2.05) is 36.4 Å². The van der Waals surface area contributed by atoms with Crippen molar-refractivity contribution in [3.05, 3.63) is 95.1 Å². The molecular weight excluding hydrogens is 621 g/mol. The van der Waals surface area contributed by atoms with Crippen LogP contribution in [0.15, 0.2) is 72.8 Å². The summed E-state index contributed by atoms with van der Waals surface area (Å²) in [6, 6.07) is 17.1. The van der Waals surface area contributed by atoms with Crippen molar-refractivity contribution in [1.82, 2.24) is 4.90 Å². The maximum atomic E-state index is 14.3. The summed E-state index contributed by atoms with van der Waals surface area (Å²) in [5.41, 5.74) is -0.00500. The van der Waals surface area contributed by atoms with Gasteiger partial charge in [0.05, 0.1) is 22.6 Å². The van der Waals surface area contributed by atoms with E-state index >= 15 is 0 Å². The molecule has 1 saturated heterocycles. The first kappa shape index (κ1) is 31.1. The number of carbonyl (C=O) groups is 2. The van der Waals surface area contributed by atoms with Crippen LogP contribution in [0.2, 0.25) is 0 Å². The summed E-state index contributed by atoms with van der Waals surface area (Å²) >= 11 is 0. The minimum atomic E-state index is -4.51. The van der Waals surface area contributed by atoms with Crippen molar-refractivity contribution in [1.29, 1.82) is 0 Å². The molecular formula is C38H37F3N2O5. The van der Waals surface area contributed by atoms with Crippen molar-refractivity contribution in [3.63, 3.8) is 0 Å². The number of halogens is 3. The van der Waals surface area contributed by atoms with Crippen LogP contribution in [0.4, 0.5) is 18.9 Å². The molecule has 1 amide bonds. The molecule has 250 valence electrons. The Morgan fingerprint density at radius 3 is 2.58 bits per heavy atom. The van der Waals surface area contributed by atoms with E-state index in [4.69, 9.17) is 9.47 Å². The standard InChI is InChI=1S/C38H37F3N2O5/c1-23(44)47-30-14-13-26-21-31-37(46)17-16-29(35-36(37,33(26)34(30)48-35)18-19-42(31)22-25-10-11-25)43(28-8-3-2-4-9-28)32(45)15-12-24-6-5-7-27(20-24)38(39,40)41/h2-9,12-15,20,25,29,31,35,46H,10-11,16-19,21-22H2,1H3/b15-12+/t29?,31-,35?,36+,37-/m1/s1. The molecule has 3 aromatic rings. The molecule has 8 rings (SSSR count). The molecule has 0 radical (unpaired) electrons. The summed E-state index contributed by atoms with van der Waals surface area (Å²) in [5.74, 6) is 0.499. The van der Waals surface area contributed by atoms with Crippen molar-refractivity contribution in [2.45, 2.75) is 80.8 Å². The zero-order chi connectivity index (χ0) is 33.4. The Bertz CT molecular complexity index is 1810. The molecule has 48 heavy (non-hydrogen) atoms. The van der Waals surface area contributed by atoms with Crippen molar-refractivity contribution in [2.75, 3.05) is 18.0 Å². The molecule has 1 spiro atoms. The monoisotopic (exact) mass is 658 g/mol. The van der Waals surface area contributed by atoms with Gasteiger partial charge in [-0.1, -0.05) is 36.4 Å². The predicted molar refractivity (Wildman–Crippen MR) is 173 cm³/mol. The van der Waals surface area contributed by atoms with E-state index in [0.29, 0.717) is 48.8 Å². The van der Waals surface area contributed by atoms with Gasteiger partial charge in [0.15, 0.2) is 11.5 Å². The van der Waals surface area contributed by atoms with Gasteiger partial charge >= 0.3 is 12.1 Å². The molecule has 1 N–H and O–H groups in total. The minimum Gasteiger partial charge on any atom is -0.483 e. The Labute approximate surface area is 276 Å². The third-order valence-corrected chi connectivity index (χ3v) is 11.2. The van der Waals surface area contributed by atoms with Crippen LogP contribution in [0.3, 0.4) is 0 Å². The minimum absolute atomic E-state index is 0.126. The predicted octanol–water partition coefficient (Wildman–Crippen LogP) is 6.31. The quantitative estimate of drug-likeness (QED) is 0.182. The highest BCUT2D eigenvalue weighted by molar-refractivity contribution is 6.04. The lowest BCUT2D eigenvalue weighted by Crippen LogP contribution is -2.78. The molecule has 3 fully saturated rings. The fraction of sp³-hybridized carbons (Fsp3) is 0.421. The average Bonchev–Trinajstić information content (AvgIpc) is 3.80. The number of hydrogen-bond acceptors (Lipinski definition) is 6. The normalized spacial score (nSPS) is 28.9. The molecule has 2 aliphatic heterocycles. The fourth-order valence-corrected chi connectivity index (χ4v) is 9.08. The van der Waals surface area contributed by atoms with Crippen LogP contribution in [-0.2, 0) is 27.6 Å². The van der Waals surface area contributed by atoms with Gasteiger partial charge in [-0.25, -0.2) is 0 Å². The third kappa shape index (κ3) is 4.86. The van der Waals surface area contributed by atoms with Crippen LogP contribution in [0, 0.1) is 5.92 Å². The summed E-state index contributed by atoms with van der Waals surface area (Å²) in [7, 11) is 0. The first-order chi connectivity index (χ1) is 23.0. The van der Waals surface area contributed by atoms with E-state index in [0.717, 1.165) is 36.3 Å². The lowest BCUT2D eigenvalue weighted by molar-refractivity contribution is -0.189. The number of carbonyl (C=O) groups excluding carboxylic acids is 2. The van der Waals surface area contributed by atoms with Crippen LogP contribution >= 0.6 is 0 Å². The van der Waals surface area contributed by atoms with E-state index in [2.05, 4.69) is 4.90 Å². The van der Waals surface area contributed by atoms with Crippen LogP contribution in [0.25, 0.3) is 6.08 Å². The van der Waals surface area contributed by atoms with Crippen LogP contribution < -0.4 is 14.4 Å². The number of anilines is 1. The SMILES string of the molecule is CC(=O)Oc1ccc2c3c1OC1C(N(C(=O)/C=C/c4cccc(C(F)(F)F)c4)c4ccccc4)CC[C@@]4(O)[C@@H](C2)N(CC2CC2)CC[C@]314. The zero-order valence-corrected chi connectivity index (χ0v) is 26.6. The van der Waals surface area contributed by atoms with Crippen molar-refractivity contribution in [3.8, 4) is 11.5 Å². The molecule has 3 aromatic carbocycles. The second-order valence-corrected chi connectivity index (χ2v) is 14.0. The number of likely N-dealkylation sites (tertiary alicyclic amines) is 1. The maximum Gasteiger partial charge on any atom is 0.416 e. The molecule has 7 nitrogen and oxygen atoms in total. The van der Waals surface area contributed by atoms with Crippen LogP contribution in [-0.4, -0.2) is 58.8 Å². The van der Waals surface area contributed by atoms with E-state index in [1.54, 1.807) is 11.0 Å². The Kier molecular flexibility index (Phi) is 7.27. The number of piperidine rings is 1. The van der Waals surface area contributed by atoms with E-state index in [1.165, 1.54) is 44.1 Å². The molecule has 5 aliphatic rings. The zero-order valence-electron chi connectivity index (χ0n) is 26.6. The van der Waals surface area contributed by atoms with Gasteiger partial charge in [0.2, 0.25) is 0 Å². The number of para-hydroxylation sites is 1. The smallest absolute Gasteiger partial charge is 0.416 e. The lowest BCUT2D eigenvalue weighted by Gasteiger charge is -2.64. The summed E-state index contributed by atoms with van der Waals surface area (Å²) < 4.78 is 52.8. The average molecular weight is 659 g/mol. The first-order valence-electron chi connectivity index (χ1n) is 16.7. The fourth-order valence-electron chi connectivity index (χ4n) is 9.08. The molecule has 2 heterocycles. The Morgan fingerprint density at radius 2 is 1.85 bits per heavy atom. The Hall–Kier alpha value is -4.15. The van der Waals surface area contributed by atoms with Gasteiger partial charge in [-0.3, -0.25) is 14.5 Å². The van der Waals surface area contributed by atoms with Gasteiger partial charge in [-0.15, -0.1) is 0 Å². The summed E-state index contributed by atoms with van der Waals surface area (Å²) in [6.45, 7) is 3.05. The maximum absolute atomic E-state index is 14.3. The van der Waals surface area contributed by atoms with Gasteiger partial charge in [0.1, 0.15) is 6.10 Å². The summed E-state index contributed by atoms with van der Waals surface area (Å²) in [4.78, 5) is 30.6. The number of amides is 1. The molecule has 10 heteroatoms. The lowest BCUT2D eigenvalue weighted by atomic mass is 9.48. The molecule has 5 atom stereocenters. The number of rotatable bonds is 7. The van der Waals surface area contributed by atoms with Crippen molar-refractivity contribution in [2.24, 2.45) is 5.92 Å². The molecule has 3 aliphatic carbocycles. The Morgan fingerprint density at radius 1 is 1.06 bits per heavy atom. The number of alkyl halides is 3. The second kappa shape index (κ2) is 11.2. The Balaban J connectivity index is 1.22. The first-order valence-corrected chi connectivity index (χ1v) is 16.7. The topological polar surface area (TPSA) is 79.3 Å². The third-order valence-electron chi connectivity index (χ3n) is 11.2. The van der Waals surface area contributed by atoms with Gasteiger partial charge in [-0.2, -0.15) is 13.2 Å². The van der Waals surface area contributed by atoms with E-state index in [9.17, 15) is 27.9 Å². The number of benzene rings is 3. The van der Waals surface area contributed by atoms with Crippen LogP contribution in [0.5, 0.6) is 11.5 Å². The van der Waals surface area contributed by atoms with Gasteiger partial charge in [0, 0.05) is 36.8 Å². The highest BCUT2D eigenvalue weighted by atomic mass is 19.4. The van der Waals surface area contributed by atoms with Gasteiger partial charge in [0.25, 0.3) is 5.91 Å². The number of nitrogens with zero attached hydrogens (tertiary/aromatic N) is 2. The number of hydrogen-bond donors (Lipinski definition) is 1. The van der Waals surface area contributed by atoms with Crippen molar-refractivity contribution < 1.29 is 37.3 Å². The van der Waals surface area contributed by atoms with E-state index < -0.39 is 46.8 Å². The number of ether oxygens (including phenoxy) is 2. The number of aliphatic hydroxyl groups is 1. The van der Waals surface area contributed by atoms with Crippen molar-refractivity contribution >= 4 is 23.6 Å². The summed E-state index contributed by atoms with van der Waals surface area (Å²) in [6.07, 6.45) is 2.05. The molecule has 2 unspecified atom stereocenters. The number of esters is 1. The molecule has 0 aromatic heterocycles.